The van der Waals surface area contributed by atoms with Gasteiger partial charge in [-0.15, -0.1) is 27.5 Å². The second kappa shape index (κ2) is 3.87. The van der Waals surface area contributed by atoms with E-state index in [4.69, 9.17) is 0 Å². The second-order valence-corrected chi connectivity index (χ2v) is 6.08. The van der Waals surface area contributed by atoms with E-state index >= 15 is 0 Å². The normalized spacial score (nSPS) is 27.4. The van der Waals surface area contributed by atoms with Crippen LogP contribution in [-0.4, -0.2) is 10.8 Å². The van der Waals surface area contributed by atoms with Crippen LogP contribution in [0.4, 0.5) is 0 Å². The largest absolute Gasteiger partial charge is 0.264 e. The van der Waals surface area contributed by atoms with Crippen molar-refractivity contribution in [1.29, 1.82) is 0 Å². The van der Waals surface area contributed by atoms with Gasteiger partial charge in [0.25, 0.3) is 5.54 Å². The summed E-state index contributed by atoms with van der Waals surface area (Å²) in [6, 6.07) is 8.69. The standard InChI is InChI=1S/C12H10BBrS/c14-13-9-5-1-3-7-11(9)15-12-8-4-2-6-10(12)13/h1-9,11H. The van der Waals surface area contributed by atoms with Gasteiger partial charge in [0.05, 0.1) is 0 Å². The molecule has 2 unspecified atom stereocenters. The van der Waals surface area contributed by atoms with Crippen molar-refractivity contribution in [2.24, 2.45) is 0 Å². The Morgan fingerprint density at radius 1 is 1.13 bits per heavy atom. The molecule has 0 radical (unpaired) electrons. The van der Waals surface area contributed by atoms with Crippen LogP contribution in [0.25, 0.3) is 0 Å². The summed E-state index contributed by atoms with van der Waals surface area (Å²) in [5, 5.41) is 0.592. The van der Waals surface area contributed by atoms with Crippen LogP contribution in [0.1, 0.15) is 0 Å². The van der Waals surface area contributed by atoms with E-state index in [1.54, 1.807) is 0 Å². The third kappa shape index (κ3) is 1.62. The van der Waals surface area contributed by atoms with Crippen LogP contribution in [0.15, 0.2) is 53.5 Å². The number of rotatable bonds is 0. The Hall–Kier alpha value is -0.405. The number of thioether (sulfide) groups is 1. The first-order valence-electron chi connectivity index (χ1n) is 5.11. The molecule has 0 amide bonds. The van der Waals surface area contributed by atoms with Crippen molar-refractivity contribution in [3.8, 4) is 0 Å². The van der Waals surface area contributed by atoms with E-state index in [1.807, 2.05) is 11.8 Å². The minimum absolute atomic E-state index is 0.459. The third-order valence-electron chi connectivity index (χ3n) is 2.94. The van der Waals surface area contributed by atoms with Crippen molar-refractivity contribution in [2.75, 3.05) is 0 Å². The molecule has 2 aliphatic rings. The zero-order chi connectivity index (χ0) is 10.3. The van der Waals surface area contributed by atoms with Gasteiger partial charge in [0.2, 0.25) is 0 Å². The van der Waals surface area contributed by atoms with Crippen molar-refractivity contribution in [3.05, 3.63) is 48.6 Å². The van der Waals surface area contributed by atoms with E-state index in [9.17, 15) is 0 Å². The van der Waals surface area contributed by atoms with Crippen molar-refractivity contribution >= 4 is 38.5 Å². The molecule has 3 heteroatoms. The smallest absolute Gasteiger partial charge is 0.149 e. The molecule has 15 heavy (non-hydrogen) atoms. The molecule has 0 bridgehead atoms. The zero-order valence-electron chi connectivity index (χ0n) is 8.14. The predicted octanol–water partition coefficient (Wildman–Crippen LogP) is 3.25. The number of halogens is 1. The quantitative estimate of drug-likeness (QED) is 0.656. The summed E-state index contributed by atoms with van der Waals surface area (Å²) < 4.78 is 0. The molecule has 0 N–H and O–H groups in total. The lowest BCUT2D eigenvalue weighted by Crippen LogP contribution is -2.38. The monoisotopic (exact) mass is 276 g/mol. The van der Waals surface area contributed by atoms with Crippen LogP contribution in [0.2, 0.25) is 5.82 Å². The third-order valence-corrected chi connectivity index (χ3v) is 5.41. The molecule has 0 spiro atoms. The van der Waals surface area contributed by atoms with Gasteiger partial charge in [0, 0.05) is 10.1 Å². The highest BCUT2D eigenvalue weighted by molar-refractivity contribution is 9.25. The number of allylic oxidation sites excluding steroid dienone is 3. The topological polar surface area (TPSA) is 0 Å². The lowest BCUT2D eigenvalue weighted by Gasteiger charge is -2.32. The van der Waals surface area contributed by atoms with Gasteiger partial charge in [-0.05, 0) is 11.9 Å². The highest BCUT2D eigenvalue weighted by atomic mass is 79.9. The van der Waals surface area contributed by atoms with Crippen molar-refractivity contribution in [2.45, 2.75) is 16.0 Å². The summed E-state index contributed by atoms with van der Waals surface area (Å²) in [6.07, 6.45) is 8.93. The lowest BCUT2D eigenvalue weighted by atomic mass is 9.56. The van der Waals surface area contributed by atoms with Gasteiger partial charge in [-0.1, -0.05) is 48.0 Å². The van der Waals surface area contributed by atoms with Crippen LogP contribution in [-0.2, 0) is 0 Å². The minimum atomic E-state index is 0.459. The van der Waals surface area contributed by atoms with Crippen LogP contribution in [0.3, 0.4) is 0 Å². The fourth-order valence-electron chi connectivity index (χ4n) is 2.16. The van der Waals surface area contributed by atoms with Crippen molar-refractivity contribution in [1.82, 2.24) is 0 Å². The Morgan fingerprint density at radius 2 is 1.93 bits per heavy atom. The van der Waals surface area contributed by atoms with Gasteiger partial charge < -0.3 is 0 Å². The van der Waals surface area contributed by atoms with Crippen molar-refractivity contribution in [3.63, 3.8) is 0 Å². The molecule has 0 aromatic heterocycles. The minimum Gasteiger partial charge on any atom is -0.149 e. The molecule has 3 rings (SSSR count). The van der Waals surface area contributed by atoms with Crippen molar-refractivity contribution < 1.29 is 0 Å². The fourth-order valence-corrected chi connectivity index (χ4v) is 4.77. The summed E-state index contributed by atoms with van der Waals surface area (Å²) in [5.41, 5.74) is 1.89. The lowest BCUT2D eigenvalue weighted by molar-refractivity contribution is 1.02. The molecule has 0 nitrogen and oxygen atoms in total. The van der Waals surface area contributed by atoms with Gasteiger partial charge in [-0.3, -0.25) is 0 Å². The molecular formula is C12H10BBrS. The Bertz CT molecular complexity index is 441. The van der Waals surface area contributed by atoms with E-state index < -0.39 is 0 Å². The number of fused-ring (bicyclic) bond motifs is 2. The molecule has 74 valence electrons. The first kappa shape index (κ1) is 9.80. The molecule has 1 aliphatic carbocycles. The molecule has 0 saturated heterocycles. The van der Waals surface area contributed by atoms with E-state index in [2.05, 4.69) is 64.3 Å². The van der Waals surface area contributed by atoms with Crippen LogP contribution < -0.4 is 5.46 Å². The molecule has 1 aliphatic heterocycles. The molecular weight excluding hydrogens is 267 g/mol. The highest BCUT2D eigenvalue weighted by Gasteiger charge is 2.36. The molecule has 0 fully saturated rings. The zero-order valence-corrected chi connectivity index (χ0v) is 10.5. The van der Waals surface area contributed by atoms with Gasteiger partial charge in [0.15, 0.2) is 0 Å². The number of hydrogen-bond donors (Lipinski definition) is 0. The molecule has 0 saturated carbocycles. The molecule has 1 heterocycles. The maximum Gasteiger partial charge on any atom is 0.264 e. The second-order valence-electron chi connectivity index (χ2n) is 3.87. The summed E-state index contributed by atoms with van der Waals surface area (Å²) >= 11 is 5.81. The fraction of sp³-hybridized carbons (Fsp3) is 0.167. The van der Waals surface area contributed by atoms with Gasteiger partial charge >= 0.3 is 0 Å². The summed E-state index contributed by atoms with van der Waals surface area (Å²) in [7, 11) is 0. The Morgan fingerprint density at radius 3 is 2.87 bits per heavy atom. The van der Waals surface area contributed by atoms with Crippen LogP contribution >= 0.6 is 27.5 Å². The molecule has 1 aromatic rings. The van der Waals surface area contributed by atoms with E-state index in [-0.39, 0.29) is 0 Å². The predicted molar refractivity (Wildman–Crippen MR) is 72.4 cm³/mol. The maximum absolute atomic E-state index is 3.83. The SMILES string of the molecule is BrB1c2ccccc2SC2C=CC=CC12. The average molecular weight is 277 g/mol. The van der Waals surface area contributed by atoms with Gasteiger partial charge in [-0.25, -0.2) is 0 Å². The average Bonchev–Trinajstić information content (AvgIpc) is 2.30. The van der Waals surface area contributed by atoms with Crippen LogP contribution in [0, 0.1) is 0 Å². The number of benzene rings is 1. The van der Waals surface area contributed by atoms with Gasteiger partial charge in [0.1, 0.15) is 0 Å². The van der Waals surface area contributed by atoms with E-state index in [1.165, 1.54) is 10.4 Å². The highest BCUT2D eigenvalue weighted by Crippen LogP contribution is 2.42. The summed E-state index contributed by atoms with van der Waals surface area (Å²) in [4.78, 5) is 1.42. The Labute approximate surface area is 103 Å². The van der Waals surface area contributed by atoms with Crippen LogP contribution in [0.5, 0.6) is 0 Å². The Balaban J connectivity index is 2.07. The first-order chi connectivity index (χ1) is 7.36. The van der Waals surface area contributed by atoms with E-state index in [0.29, 0.717) is 16.6 Å². The van der Waals surface area contributed by atoms with Gasteiger partial charge in [-0.2, -0.15) is 0 Å². The summed E-state index contributed by atoms with van der Waals surface area (Å²) in [6.45, 7) is 0. The summed E-state index contributed by atoms with van der Waals surface area (Å²) in [5.74, 6) is 0.592. The molecule has 2 atom stereocenters. The maximum atomic E-state index is 3.83. The molecule has 1 aromatic carbocycles. The Kier molecular flexibility index (Phi) is 2.53. The first-order valence-corrected chi connectivity index (χ1v) is 6.90. The van der Waals surface area contributed by atoms with E-state index in [0.717, 1.165) is 0 Å². The number of hydrogen-bond acceptors (Lipinski definition) is 1.